The van der Waals surface area contributed by atoms with E-state index in [0.29, 0.717) is 6.42 Å². The average Bonchev–Trinajstić information content (AvgIpc) is 1.96. The summed E-state index contributed by atoms with van der Waals surface area (Å²) in [5.74, 6) is -0.971. The van der Waals surface area contributed by atoms with Crippen LogP contribution >= 0.6 is 7.82 Å². The average molecular weight is 208 g/mol. The molecule has 0 saturated heterocycles. The molecule has 5 nitrogen and oxygen atoms in total. The Morgan fingerprint density at radius 1 is 1.54 bits per heavy atom. The summed E-state index contributed by atoms with van der Waals surface area (Å²) in [4.78, 5) is 27.5. The predicted molar refractivity (Wildman–Crippen MR) is 46.8 cm³/mol. The van der Waals surface area contributed by atoms with E-state index in [9.17, 15) is 9.36 Å². The highest BCUT2D eigenvalue weighted by molar-refractivity contribution is 7.46. The summed E-state index contributed by atoms with van der Waals surface area (Å²) < 4.78 is 14.1. The predicted octanol–water partition coefficient (Wildman–Crippen LogP) is 1.37. The second kappa shape index (κ2) is 5.17. The summed E-state index contributed by atoms with van der Waals surface area (Å²) >= 11 is 0. The van der Waals surface area contributed by atoms with Gasteiger partial charge in [0, 0.05) is 5.57 Å². The van der Waals surface area contributed by atoms with Crippen LogP contribution in [0.2, 0.25) is 0 Å². The van der Waals surface area contributed by atoms with E-state index in [1.807, 2.05) is 6.92 Å². The van der Waals surface area contributed by atoms with E-state index in [1.54, 1.807) is 6.08 Å². The summed E-state index contributed by atoms with van der Waals surface area (Å²) in [7, 11) is -4.70. The third-order valence-electron chi connectivity index (χ3n) is 1.26. The van der Waals surface area contributed by atoms with E-state index in [2.05, 4.69) is 4.52 Å². The fourth-order valence-corrected chi connectivity index (χ4v) is 0.984. The molecule has 0 heterocycles. The number of phosphoric ester groups is 1. The van der Waals surface area contributed by atoms with Crippen LogP contribution in [0.3, 0.4) is 0 Å². The Hall–Kier alpha value is -0.640. The van der Waals surface area contributed by atoms with E-state index in [4.69, 9.17) is 9.79 Å². The highest BCUT2D eigenvalue weighted by Crippen LogP contribution is 2.36. The van der Waals surface area contributed by atoms with Crippen molar-refractivity contribution < 1.29 is 23.7 Å². The molecule has 6 heteroatoms. The number of carbonyl (C=O) groups excluding carboxylic acids is 1. The van der Waals surface area contributed by atoms with Gasteiger partial charge in [-0.2, -0.15) is 0 Å². The van der Waals surface area contributed by atoms with E-state index in [1.165, 1.54) is 6.92 Å². The first-order valence-electron chi connectivity index (χ1n) is 3.83. The normalized spacial score (nSPS) is 12.8. The molecule has 0 aromatic carbocycles. The number of unbranched alkanes of at least 4 members (excludes halogenated alkanes) is 1. The molecule has 76 valence electrons. The van der Waals surface area contributed by atoms with E-state index in [-0.39, 0.29) is 5.57 Å². The van der Waals surface area contributed by atoms with Crippen molar-refractivity contribution >= 4 is 13.8 Å². The van der Waals surface area contributed by atoms with Gasteiger partial charge in [-0.3, -0.25) is 9.79 Å². The molecule has 0 amide bonds. The number of rotatable bonds is 4. The monoisotopic (exact) mass is 208 g/mol. The maximum absolute atomic E-state index is 10.9. The molecule has 0 fully saturated rings. The third kappa shape index (κ3) is 6.51. The lowest BCUT2D eigenvalue weighted by Gasteiger charge is -2.04. The Balaban J connectivity index is 4.20. The number of hydrogen-bond donors (Lipinski definition) is 2. The van der Waals surface area contributed by atoms with Crippen molar-refractivity contribution in [2.75, 3.05) is 0 Å². The summed E-state index contributed by atoms with van der Waals surface area (Å²) in [5, 5.41) is 0. The van der Waals surface area contributed by atoms with Crippen LogP contribution in [0.25, 0.3) is 0 Å². The molecule has 0 bridgehead atoms. The maximum Gasteiger partial charge on any atom is 0.527 e. The molecule has 13 heavy (non-hydrogen) atoms. The fraction of sp³-hybridized carbons (Fsp3) is 0.571. The highest BCUT2D eigenvalue weighted by atomic mass is 31.2. The van der Waals surface area contributed by atoms with Crippen LogP contribution in [0.4, 0.5) is 0 Å². The maximum atomic E-state index is 10.9. The molecule has 2 N–H and O–H groups in total. The van der Waals surface area contributed by atoms with E-state index in [0.717, 1.165) is 6.42 Å². The molecular formula is C7H13O5P. The molecular weight excluding hydrogens is 195 g/mol. The first-order valence-corrected chi connectivity index (χ1v) is 5.36. The molecule has 0 aromatic rings. The Morgan fingerprint density at radius 2 is 2.08 bits per heavy atom. The van der Waals surface area contributed by atoms with Gasteiger partial charge in [0.1, 0.15) is 0 Å². The standard InChI is InChI=1S/C7H13O5P/c1-3-4-5-6(2)7(8)12-13(9,10)11/h5H,3-4H2,1-2H3,(H2,9,10,11). The van der Waals surface area contributed by atoms with Gasteiger partial charge in [-0.15, -0.1) is 0 Å². The smallest absolute Gasteiger partial charge is 0.367 e. The Bertz CT molecular complexity index is 252. The number of hydrogen-bond acceptors (Lipinski definition) is 3. The second-order valence-electron chi connectivity index (χ2n) is 2.55. The molecule has 0 atom stereocenters. The van der Waals surface area contributed by atoms with Gasteiger partial charge in [0.05, 0.1) is 0 Å². The van der Waals surface area contributed by atoms with Crippen LogP contribution in [0.5, 0.6) is 0 Å². The van der Waals surface area contributed by atoms with Crippen LogP contribution in [-0.2, 0) is 13.9 Å². The van der Waals surface area contributed by atoms with E-state index >= 15 is 0 Å². The zero-order valence-corrected chi connectivity index (χ0v) is 8.45. The summed E-state index contributed by atoms with van der Waals surface area (Å²) in [5.41, 5.74) is 0.213. The SMILES string of the molecule is CCCC=C(C)C(=O)OP(=O)(O)O. The van der Waals surface area contributed by atoms with Crippen molar-refractivity contribution in [2.45, 2.75) is 26.7 Å². The molecule has 0 spiro atoms. The minimum atomic E-state index is -4.70. The van der Waals surface area contributed by atoms with Gasteiger partial charge >= 0.3 is 13.8 Å². The lowest BCUT2D eigenvalue weighted by molar-refractivity contribution is -0.131. The molecule has 0 aliphatic carbocycles. The molecule has 0 aliphatic heterocycles. The van der Waals surface area contributed by atoms with E-state index < -0.39 is 13.8 Å². The third-order valence-corrected chi connectivity index (χ3v) is 1.67. The molecule has 0 aliphatic rings. The van der Waals surface area contributed by atoms with Gasteiger partial charge in [0.25, 0.3) is 0 Å². The fourth-order valence-electron chi connectivity index (χ4n) is 0.624. The Kier molecular flexibility index (Phi) is 4.91. The Morgan fingerprint density at radius 3 is 2.46 bits per heavy atom. The van der Waals surface area contributed by atoms with Gasteiger partial charge in [-0.1, -0.05) is 19.4 Å². The minimum Gasteiger partial charge on any atom is -0.367 e. The van der Waals surface area contributed by atoms with Crippen molar-refractivity contribution in [2.24, 2.45) is 0 Å². The minimum absolute atomic E-state index is 0.213. The molecule has 0 unspecified atom stereocenters. The van der Waals surface area contributed by atoms with Crippen molar-refractivity contribution in [1.82, 2.24) is 0 Å². The number of allylic oxidation sites excluding steroid dienone is 1. The molecule has 0 rings (SSSR count). The zero-order chi connectivity index (χ0) is 10.5. The zero-order valence-electron chi connectivity index (χ0n) is 7.56. The Labute approximate surface area is 76.7 Å². The summed E-state index contributed by atoms with van der Waals surface area (Å²) in [6, 6.07) is 0. The number of carbonyl (C=O) groups is 1. The van der Waals surface area contributed by atoms with Crippen molar-refractivity contribution in [3.05, 3.63) is 11.6 Å². The lowest BCUT2D eigenvalue weighted by Crippen LogP contribution is -2.03. The van der Waals surface area contributed by atoms with Crippen molar-refractivity contribution in [3.8, 4) is 0 Å². The van der Waals surface area contributed by atoms with Crippen LogP contribution in [0, 0.1) is 0 Å². The lowest BCUT2D eigenvalue weighted by atomic mass is 10.2. The van der Waals surface area contributed by atoms with Crippen LogP contribution in [0.1, 0.15) is 26.7 Å². The van der Waals surface area contributed by atoms with Gasteiger partial charge in [-0.05, 0) is 13.3 Å². The second-order valence-corrected chi connectivity index (χ2v) is 3.71. The quantitative estimate of drug-likeness (QED) is 0.538. The van der Waals surface area contributed by atoms with Crippen molar-refractivity contribution in [3.63, 3.8) is 0 Å². The first kappa shape index (κ1) is 12.4. The topological polar surface area (TPSA) is 83.8 Å². The highest BCUT2D eigenvalue weighted by Gasteiger charge is 2.20. The van der Waals surface area contributed by atoms with Gasteiger partial charge < -0.3 is 4.52 Å². The van der Waals surface area contributed by atoms with Gasteiger partial charge in [0.2, 0.25) is 0 Å². The van der Waals surface area contributed by atoms with Crippen LogP contribution in [0.15, 0.2) is 11.6 Å². The summed E-state index contributed by atoms with van der Waals surface area (Å²) in [6.07, 6.45) is 3.13. The first-order chi connectivity index (χ1) is 5.87. The molecule has 0 radical (unpaired) electrons. The number of phosphoric acid groups is 1. The summed E-state index contributed by atoms with van der Waals surface area (Å²) in [6.45, 7) is 3.38. The van der Waals surface area contributed by atoms with Crippen molar-refractivity contribution in [1.29, 1.82) is 0 Å². The van der Waals surface area contributed by atoms with Crippen LogP contribution < -0.4 is 0 Å². The molecule has 0 aromatic heterocycles. The molecule has 0 saturated carbocycles. The van der Waals surface area contributed by atoms with Gasteiger partial charge in [-0.25, -0.2) is 9.36 Å². The van der Waals surface area contributed by atoms with Gasteiger partial charge in [0.15, 0.2) is 0 Å². The largest absolute Gasteiger partial charge is 0.527 e. The van der Waals surface area contributed by atoms with Crippen LogP contribution in [-0.4, -0.2) is 15.8 Å².